The molecule has 2 aromatic carbocycles. The number of nitrogens with zero attached hydrogens (tertiary/aromatic N) is 2. The second-order valence-electron chi connectivity index (χ2n) is 7.63. The molecule has 1 heterocycles. The number of hydrogen-bond donors (Lipinski definition) is 1. The zero-order chi connectivity index (χ0) is 21.0. The van der Waals surface area contributed by atoms with Crippen molar-refractivity contribution in [2.24, 2.45) is 0 Å². The quantitative estimate of drug-likeness (QED) is 0.786. The zero-order valence-corrected chi connectivity index (χ0v) is 18.1. The second-order valence-corrected chi connectivity index (χ2v) is 9.57. The summed E-state index contributed by atoms with van der Waals surface area (Å²) in [5.74, 6) is -0.0413. The second kappa shape index (κ2) is 9.07. The van der Waals surface area contributed by atoms with Crippen molar-refractivity contribution in [3.8, 4) is 0 Å². The smallest absolute Gasteiger partial charge is 0.243 e. The molecule has 0 aliphatic carbocycles. The lowest BCUT2D eigenvalue weighted by atomic mass is 10.1. The third-order valence-electron chi connectivity index (χ3n) is 5.45. The van der Waals surface area contributed by atoms with Crippen molar-refractivity contribution < 1.29 is 13.2 Å². The number of hydrogen-bond acceptors (Lipinski definition) is 4. The van der Waals surface area contributed by atoms with Crippen LogP contribution in [0.15, 0.2) is 53.4 Å². The largest absolute Gasteiger partial charge is 0.351 e. The van der Waals surface area contributed by atoms with Gasteiger partial charge in [-0.05, 0) is 38.5 Å². The van der Waals surface area contributed by atoms with Crippen LogP contribution in [-0.4, -0.2) is 55.8 Å². The van der Waals surface area contributed by atoms with Gasteiger partial charge in [0.05, 0.1) is 10.9 Å². The van der Waals surface area contributed by atoms with Gasteiger partial charge in [-0.3, -0.25) is 9.69 Å². The van der Waals surface area contributed by atoms with Gasteiger partial charge in [-0.25, -0.2) is 8.42 Å². The summed E-state index contributed by atoms with van der Waals surface area (Å²) in [7, 11) is -3.49. The van der Waals surface area contributed by atoms with E-state index in [9.17, 15) is 13.2 Å². The van der Waals surface area contributed by atoms with Crippen LogP contribution in [0.3, 0.4) is 0 Å². The molecular formula is C22H29N3O3S. The van der Waals surface area contributed by atoms with Crippen molar-refractivity contribution in [3.05, 3.63) is 65.2 Å². The van der Waals surface area contributed by atoms with E-state index in [0.29, 0.717) is 37.6 Å². The number of aryl methyl sites for hydroxylation is 2. The van der Waals surface area contributed by atoms with Gasteiger partial charge in [-0.2, -0.15) is 4.31 Å². The summed E-state index contributed by atoms with van der Waals surface area (Å²) in [4.78, 5) is 14.9. The maximum atomic E-state index is 12.8. The van der Waals surface area contributed by atoms with E-state index in [1.807, 2.05) is 62.1 Å². The molecule has 2 aromatic rings. The molecule has 1 saturated heterocycles. The van der Waals surface area contributed by atoms with Gasteiger partial charge in [0, 0.05) is 32.7 Å². The maximum Gasteiger partial charge on any atom is 0.243 e. The van der Waals surface area contributed by atoms with Gasteiger partial charge in [0.15, 0.2) is 0 Å². The molecule has 1 atom stereocenters. The summed E-state index contributed by atoms with van der Waals surface area (Å²) in [6, 6.07) is 14.7. The highest BCUT2D eigenvalue weighted by Crippen LogP contribution is 2.19. The van der Waals surface area contributed by atoms with Crippen LogP contribution in [-0.2, 0) is 21.4 Å². The Hall–Kier alpha value is -2.22. The monoisotopic (exact) mass is 415 g/mol. The van der Waals surface area contributed by atoms with Gasteiger partial charge >= 0.3 is 0 Å². The van der Waals surface area contributed by atoms with Gasteiger partial charge in [0.1, 0.15) is 0 Å². The molecule has 0 unspecified atom stereocenters. The Morgan fingerprint density at radius 2 is 1.45 bits per heavy atom. The highest BCUT2D eigenvalue weighted by molar-refractivity contribution is 7.89. The molecule has 1 aliphatic heterocycles. The van der Waals surface area contributed by atoms with E-state index in [1.165, 1.54) is 9.87 Å². The van der Waals surface area contributed by atoms with E-state index < -0.39 is 10.0 Å². The van der Waals surface area contributed by atoms with Gasteiger partial charge in [0.25, 0.3) is 0 Å². The van der Waals surface area contributed by atoms with Crippen LogP contribution in [0.4, 0.5) is 0 Å². The number of nitrogens with one attached hydrogen (secondary N) is 1. The number of carbonyl (C=O) groups excluding carboxylic acids is 1. The molecule has 29 heavy (non-hydrogen) atoms. The molecule has 0 aromatic heterocycles. The summed E-state index contributed by atoms with van der Waals surface area (Å²) in [5, 5.41) is 2.98. The van der Waals surface area contributed by atoms with Gasteiger partial charge in [-0.15, -0.1) is 0 Å². The number of amides is 1. The summed E-state index contributed by atoms with van der Waals surface area (Å²) < 4.78 is 27.1. The third-order valence-corrected chi connectivity index (χ3v) is 7.36. The van der Waals surface area contributed by atoms with Crippen molar-refractivity contribution in [3.63, 3.8) is 0 Å². The molecule has 1 amide bonds. The fourth-order valence-electron chi connectivity index (χ4n) is 3.40. The average Bonchev–Trinajstić information content (AvgIpc) is 2.73. The maximum absolute atomic E-state index is 12.8. The molecule has 0 saturated carbocycles. The normalized spacial score (nSPS) is 17.1. The van der Waals surface area contributed by atoms with Crippen molar-refractivity contribution in [1.82, 2.24) is 14.5 Å². The first-order chi connectivity index (χ1) is 13.8. The predicted octanol–water partition coefficient (Wildman–Crippen LogP) is 2.31. The lowest BCUT2D eigenvalue weighted by Crippen LogP contribution is -2.54. The highest BCUT2D eigenvalue weighted by Gasteiger charge is 2.31. The molecule has 3 rings (SSSR count). The van der Waals surface area contributed by atoms with Crippen LogP contribution >= 0.6 is 0 Å². The Balaban J connectivity index is 1.53. The molecule has 1 N–H and O–H groups in total. The zero-order valence-electron chi connectivity index (χ0n) is 17.3. The SMILES string of the molecule is Cc1ccc(CNC(=O)[C@H](C)N2CCN(S(=O)(=O)c3ccc(C)cc3)CC2)cc1. The molecule has 0 radical (unpaired) electrons. The summed E-state index contributed by atoms with van der Waals surface area (Å²) in [6.45, 7) is 8.15. The molecule has 0 spiro atoms. The van der Waals surface area contributed by atoms with E-state index in [4.69, 9.17) is 0 Å². The fourth-order valence-corrected chi connectivity index (χ4v) is 4.82. The first-order valence-corrected chi connectivity index (χ1v) is 11.4. The number of piperazine rings is 1. The summed E-state index contributed by atoms with van der Waals surface area (Å²) in [5.41, 5.74) is 3.27. The number of sulfonamides is 1. The average molecular weight is 416 g/mol. The van der Waals surface area contributed by atoms with Gasteiger partial charge < -0.3 is 5.32 Å². The molecule has 7 heteroatoms. The van der Waals surface area contributed by atoms with Crippen LogP contribution in [0.2, 0.25) is 0 Å². The van der Waals surface area contributed by atoms with Crippen LogP contribution < -0.4 is 5.32 Å². The van der Waals surface area contributed by atoms with E-state index in [2.05, 4.69) is 5.32 Å². The Bertz CT molecular complexity index is 932. The standard InChI is InChI=1S/C22H29N3O3S/c1-17-4-8-20(9-5-17)16-23-22(26)19(3)24-12-14-25(15-13-24)29(27,28)21-10-6-18(2)7-11-21/h4-11,19H,12-16H2,1-3H3,(H,23,26)/t19-/m0/s1. The molecule has 6 nitrogen and oxygen atoms in total. The van der Waals surface area contributed by atoms with Crippen LogP contribution in [0.1, 0.15) is 23.6 Å². The van der Waals surface area contributed by atoms with Crippen molar-refractivity contribution >= 4 is 15.9 Å². The Morgan fingerprint density at radius 3 is 2.00 bits per heavy atom. The first kappa shape index (κ1) is 21.5. The molecule has 1 fully saturated rings. The van der Waals surface area contributed by atoms with Gasteiger partial charge in [-0.1, -0.05) is 47.5 Å². The summed E-state index contributed by atoms with van der Waals surface area (Å²) in [6.07, 6.45) is 0. The van der Waals surface area contributed by atoms with E-state index >= 15 is 0 Å². The number of rotatable bonds is 6. The van der Waals surface area contributed by atoms with E-state index in [-0.39, 0.29) is 11.9 Å². The van der Waals surface area contributed by atoms with E-state index in [1.54, 1.807) is 12.1 Å². The first-order valence-electron chi connectivity index (χ1n) is 9.91. The number of benzene rings is 2. The molecular weight excluding hydrogens is 386 g/mol. The number of carbonyl (C=O) groups is 1. The van der Waals surface area contributed by atoms with Crippen molar-refractivity contribution in [2.45, 2.75) is 38.3 Å². The minimum atomic E-state index is -3.49. The lowest BCUT2D eigenvalue weighted by Gasteiger charge is -2.36. The Kier molecular flexibility index (Phi) is 6.72. The highest BCUT2D eigenvalue weighted by atomic mass is 32.2. The minimum absolute atomic E-state index is 0.0413. The molecule has 1 aliphatic rings. The fraction of sp³-hybridized carbons (Fsp3) is 0.409. The third kappa shape index (κ3) is 5.23. The van der Waals surface area contributed by atoms with Gasteiger partial charge in [0.2, 0.25) is 15.9 Å². The Morgan fingerprint density at radius 1 is 0.931 bits per heavy atom. The topological polar surface area (TPSA) is 69.7 Å². The predicted molar refractivity (Wildman–Crippen MR) is 114 cm³/mol. The summed E-state index contributed by atoms with van der Waals surface area (Å²) >= 11 is 0. The van der Waals surface area contributed by atoms with Crippen LogP contribution in [0, 0.1) is 13.8 Å². The van der Waals surface area contributed by atoms with Crippen LogP contribution in [0.5, 0.6) is 0 Å². The molecule has 0 bridgehead atoms. The van der Waals surface area contributed by atoms with Crippen molar-refractivity contribution in [1.29, 1.82) is 0 Å². The molecule has 156 valence electrons. The van der Waals surface area contributed by atoms with E-state index in [0.717, 1.165) is 11.1 Å². The lowest BCUT2D eigenvalue weighted by molar-refractivity contribution is -0.126. The minimum Gasteiger partial charge on any atom is -0.351 e. The van der Waals surface area contributed by atoms with Crippen LogP contribution in [0.25, 0.3) is 0 Å². The van der Waals surface area contributed by atoms with Crippen molar-refractivity contribution in [2.75, 3.05) is 26.2 Å². The Labute approximate surface area is 173 Å².